The van der Waals surface area contributed by atoms with Gasteiger partial charge in [-0.2, -0.15) is 4.31 Å². The Morgan fingerprint density at radius 1 is 1.10 bits per heavy atom. The van der Waals surface area contributed by atoms with E-state index in [0.717, 1.165) is 0 Å². The van der Waals surface area contributed by atoms with E-state index in [9.17, 15) is 17.6 Å². The number of anilines is 1. The van der Waals surface area contributed by atoms with Gasteiger partial charge >= 0.3 is 0 Å². The zero-order chi connectivity index (χ0) is 20.5. The second-order valence-corrected chi connectivity index (χ2v) is 9.58. The smallest absolute Gasteiger partial charge is 0.243 e. The van der Waals surface area contributed by atoms with Gasteiger partial charge in [0.05, 0.1) is 10.8 Å². The largest absolute Gasteiger partial charge is 0.381 e. The topological polar surface area (TPSA) is 75.7 Å². The fraction of sp³-hybridized carbons (Fsp3) is 0.381. The molecule has 8 heteroatoms. The average molecular weight is 418 g/mol. The van der Waals surface area contributed by atoms with Crippen LogP contribution in [0.15, 0.2) is 59.5 Å². The minimum Gasteiger partial charge on any atom is -0.381 e. The van der Waals surface area contributed by atoms with E-state index in [0.29, 0.717) is 31.7 Å². The van der Waals surface area contributed by atoms with Gasteiger partial charge in [0.2, 0.25) is 15.9 Å². The summed E-state index contributed by atoms with van der Waals surface area (Å²) in [4.78, 5) is 13.3. The maximum absolute atomic E-state index is 13.5. The molecule has 2 saturated heterocycles. The molecule has 4 rings (SSSR count). The molecule has 0 bridgehead atoms. The molecule has 2 aliphatic heterocycles. The highest BCUT2D eigenvalue weighted by molar-refractivity contribution is 7.89. The third kappa shape index (κ3) is 3.92. The summed E-state index contributed by atoms with van der Waals surface area (Å²) in [5.74, 6) is -1.26. The standard InChI is InChI=1S/C21H23FN2O4S/c22-16-5-4-6-17(13-16)23-20(25)19-14-24(15-21(19)9-11-28-12-10-21)29(26,27)18-7-2-1-3-8-18/h1-8,13,19H,9-12,14-15H2,(H,23,25)/t19-/m0/s1. The molecule has 29 heavy (non-hydrogen) atoms. The van der Waals surface area contributed by atoms with Gasteiger partial charge in [-0.05, 0) is 43.2 Å². The maximum Gasteiger partial charge on any atom is 0.243 e. The summed E-state index contributed by atoms with van der Waals surface area (Å²) >= 11 is 0. The summed E-state index contributed by atoms with van der Waals surface area (Å²) in [6.07, 6.45) is 1.21. The van der Waals surface area contributed by atoms with Crippen LogP contribution in [0.4, 0.5) is 10.1 Å². The number of nitrogens with zero attached hydrogens (tertiary/aromatic N) is 1. The van der Waals surface area contributed by atoms with Crippen LogP contribution in [0.1, 0.15) is 12.8 Å². The van der Waals surface area contributed by atoms with Crippen molar-refractivity contribution in [1.29, 1.82) is 0 Å². The normalized spacial score (nSPS) is 21.9. The van der Waals surface area contributed by atoms with Crippen LogP contribution < -0.4 is 5.32 Å². The van der Waals surface area contributed by atoms with Crippen molar-refractivity contribution in [2.75, 3.05) is 31.6 Å². The van der Waals surface area contributed by atoms with Crippen LogP contribution >= 0.6 is 0 Å². The molecule has 0 aromatic heterocycles. The maximum atomic E-state index is 13.5. The van der Waals surface area contributed by atoms with Gasteiger partial charge in [0, 0.05) is 37.4 Å². The van der Waals surface area contributed by atoms with Crippen LogP contribution in [-0.4, -0.2) is 44.9 Å². The molecule has 0 unspecified atom stereocenters. The molecule has 1 spiro atoms. The number of ether oxygens (including phenoxy) is 1. The first-order chi connectivity index (χ1) is 13.9. The number of carbonyl (C=O) groups excluding carboxylic acids is 1. The van der Waals surface area contributed by atoms with Crippen molar-refractivity contribution < 1.29 is 22.3 Å². The van der Waals surface area contributed by atoms with Crippen molar-refractivity contribution in [1.82, 2.24) is 4.31 Å². The zero-order valence-electron chi connectivity index (χ0n) is 15.9. The first-order valence-electron chi connectivity index (χ1n) is 9.60. The van der Waals surface area contributed by atoms with E-state index < -0.39 is 27.2 Å². The molecule has 2 aromatic carbocycles. The fourth-order valence-electron chi connectivity index (χ4n) is 4.29. The molecule has 2 fully saturated rings. The van der Waals surface area contributed by atoms with Crippen LogP contribution in [0.2, 0.25) is 0 Å². The van der Waals surface area contributed by atoms with Gasteiger partial charge in [-0.1, -0.05) is 24.3 Å². The monoisotopic (exact) mass is 418 g/mol. The zero-order valence-corrected chi connectivity index (χ0v) is 16.7. The van der Waals surface area contributed by atoms with E-state index in [-0.39, 0.29) is 23.9 Å². The molecule has 6 nitrogen and oxygen atoms in total. The molecule has 0 saturated carbocycles. The summed E-state index contributed by atoms with van der Waals surface area (Å²) < 4.78 is 46.7. The highest BCUT2D eigenvalue weighted by Gasteiger charge is 2.53. The Bertz CT molecular complexity index is 991. The molecule has 2 aliphatic rings. The number of amides is 1. The van der Waals surface area contributed by atoms with E-state index in [1.807, 2.05) is 0 Å². The molecule has 1 atom stereocenters. The van der Waals surface area contributed by atoms with Gasteiger partial charge in [-0.25, -0.2) is 12.8 Å². The Morgan fingerprint density at radius 3 is 2.52 bits per heavy atom. The van der Waals surface area contributed by atoms with Crippen LogP contribution in [0, 0.1) is 17.2 Å². The summed E-state index contributed by atoms with van der Waals surface area (Å²) in [6.45, 7) is 1.35. The number of hydrogen-bond donors (Lipinski definition) is 1. The second kappa shape index (κ2) is 7.85. The SMILES string of the molecule is O=C(Nc1cccc(F)c1)[C@@H]1CN(S(=O)(=O)c2ccccc2)CC12CCOCC2. The molecule has 154 valence electrons. The highest BCUT2D eigenvalue weighted by atomic mass is 32.2. The molecule has 1 N–H and O–H groups in total. The van der Waals surface area contributed by atoms with Gasteiger partial charge in [-0.15, -0.1) is 0 Å². The quantitative estimate of drug-likeness (QED) is 0.829. The minimum atomic E-state index is -3.71. The van der Waals surface area contributed by atoms with Crippen LogP contribution in [0.5, 0.6) is 0 Å². The predicted molar refractivity (Wildman–Crippen MR) is 106 cm³/mol. The van der Waals surface area contributed by atoms with Crippen molar-refractivity contribution in [3.8, 4) is 0 Å². The minimum absolute atomic E-state index is 0.0956. The molecule has 0 radical (unpaired) electrons. The average Bonchev–Trinajstić information content (AvgIpc) is 3.09. The molecule has 0 aliphatic carbocycles. The number of hydrogen-bond acceptors (Lipinski definition) is 4. The Balaban J connectivity index is 1.62. The number of nitrogens with one attached hydrogen (secondary N) is 1. The summed E-state index contributed by atoms with van der Waals surface area (Å²) in [5, 5.41) is 2.77. The first kappa shape index (κ1) is 20.0. The number of carbonyl (C=O) groups is 1. The first-order valence-corrected chi connectivity index (χ1v) is 11.0. The highest BCUT2D eigenvalue weighted by Crippen LogP contribution is 2.46. The molecule has 1 amide bonds. The van der Waals surface area contributed by atoms with E-state index >= 15 is 0 Å². The second-order valence-electron chi connectivity index (χ2n) is 7.64. The van der Waals surface area contributed by atoms with Gasteiger partial charge in [0.1, 0.15) is 5.82 Å². The number of rotatable bonds is 4. The summed E-state index contributed by atoms with van der Waals surface area (Å²) in [5.41, 5.74) is -0.126. The third-order valence-electron chi connectivity index (χ3n) is 5.89. The lowest BCUT2D eigenvalue weighted by Crippen LogP contribution is -2.42. The van der Waals surface area contributed by atoms with Gasteiger partial charge in [0.25, 0.3) is 0 Å². The lowest BCUT2D eigenvalue weighted by molar-refractivity contribution is -0.124. The van der Waals surface area contributed by atoms with E-state index in [1.165, 1.54) is 22.5 Å². The Kier molecular flexibility index (Phi) is 5.42. The van der Waals surface area contributed by atoms with Crippen molar-refractivity contribution in [2.45, 2.75) is 17.7 Å². The van der Waals surface area contributed by atoms with Gasteiger partial charge in [-0.3, -0.25) is 4.79 Å². The van der Waals surface area contributed by atoms with Gasteiger partial charge < -0.3 is 10.1 Å². The Morgan fingerprint density at radius 2 is 1.83 bits per heavy atom. The lowest BCUT2D eigenvalue weighted by Gasteiger charge is -2.37. The van der Waals surface area contributed by atoms with Gasteiger partial charge in [0.15, 0.2) is 0 Å². The molecule has 2 aromatic rings. The number of benzene rings is 2. The number of sulfonamides is 1. The van der Waals surface area contributed by atoms with Crippen molar-refractivity contribution >= 4 is 21.6 Å². The molecular formula is C21H23FN2O4S. The van der Waals surface area contributed by atoms with Crippen LogP contribution in [-0.2, 0) is 19.6 Å². The third-order valence-corrected chi connectivity index (χ3v) is 7.72. The Hall–Kier alpha value is -2.29. The van der Waals surface area contributed by atoms with Crippen molar-refractivity contribution in [3.63, 3.8) is 0 Å². The molecule has 2 heterocycles. The van der Waals surface area contributed by atoms with E-state index in [1.54, 1.807) is 36.4 Å². The van der Waals surface area contributed by atoms with Crippen LogP contribution in [0.25, 0.3) is 0 Å². The van der Waals surface area contributed by atoms with Crippen molar-refractivity contribution in [2.24, 2.45) is 11.3 Å². The van der Waals surface area contributed by atoms with Crippen LogP contribution in [0.3, 0.4) is 0 Å². The predicted octanol–water partition coefficient (Wildman–Crippen LogP) is 2.88. The van der Waals surface area contributed by atoms with E-state index in [4.69, 9.17) is 4.74 Å². The Labute approximate surface area is 169 Å². The van der Waals surface area contributed by atoms with Crippen molar-refractivity contribution in [3.05, 3.63) is 60.4 Å². The summed E-state index contributed by atoms with van der Waals surface area (Å²) in [7, 11) is -3.71. The molecular weight excluding hydrogens is 395 g/mol. The number of halogens is 1. The summed E-state index contributed by atoms with van der Waals surface area (Å²) in [6, 6.07) is 13.9. The lowest BCUT2D eigenvalue weighted by atomic mass is 9.72. The van der Waals surface area contributed by atoms with E-state index in [2.05, 4.69) is 5.32 Å². The fourth-order valence-corrected chi connectivity index (χ4v) is 5.86.